The van der Waals surface area contributed by atoms with Crippen LogP contribution in [0.15, 0.2) is 43.3 Å². The van der Waals surface area contributed by atoms with E-state index in [1.807, 2.05) is 23.8 Å². The number of hydrogen-bond acceptors (Lipinski definition) is 3. The van der Waals surface area contributed by atoms with Crippen molar-refractivity contribution in [1.82, 2.24) is 14.5 Å². The molecule has 0 saturated carbocycles. The summed E-state index contributed by atoms with van der Waals surface area (Å²) in [7, 11) is 1.94. The molecule has 0 atom stereocenters. The summed E-state index contributed by atoms with van der Waals surface area (Å²) in [5, 5.41) is 0. The Hall–Kier alpha value is -2.36. The molecule has 0 amide bonds. The van der Waals surface area contributed by atoms with Gasteiger partial charge in [0, 0.05) is 18.7 Å². The number of pyridine rings is 1. The van der Waals surface area contributed by atoms with Crippen molar-refractivity contribution in [1.29, 1.82) is 0 Å². The second-order valence-electron chi connectivity index (χ2n) is 5.05. The lowest BCUT2D eigenvalue weighted by atomic mass is 9.94. The monoisotopic (exact) mass is 268 g/mol. The van der Waals surface area contributed by atoms with Crippen LogP contribution in [0.1, 0.15) is 19.5 Å². The van der Waals surface area contributed by atoms with E-state index in [2.05, 4.69) is 37.0 Å². The van der Waals surface area contributed by atoms with Crippen LogP contribution in [0, 0.1) is 5.92 Å². The van der Waals surface area contributed by atoms with Crippen molar-refractivity contribution in [2.75, 3.05) is 5.73 Å². The predicted octanol–water partition coefficient (Wildman–Crippen LogP) is 3.33. The van der Waals surface area contributed by atoms with E-state index < -0.39 is 0 Å². The van der Waals surface area contributed by atoms with Crippen LogP contribution in [-0.4, -0.2) is 14.5 Å². The zero-order valence-corrected chi connectivity index (χ0v) is 12.2. The van der Waals surface area contributed by atoms with Gasteiger partial charge in [0.2, 0.25) is 0 Å². The fourth-order valence-corrected chi connectivity index (χ4v) is 2.34. The number of nitrogens with zero attached hydrogens (tertiary/aromatic N) is 3. The maximum Gasteiger partial charge on any atom is 0.126 e. The first-order valence-electron chi connectivity index (χ1n) is 6.56. The van der Waals surface area contributed by atoms with E-state index >= 15 is 0 Å². The van der Waals surface area contributed by atoms with E-state index in [0.29, 0.717) is 11.7 Å². The molecule has 0 aliphatic rings. The fraction of sp³-hybridized carbons (Fsp3) is 0.250. The van der Waals surface area contributed by atoms with Gasteiger partial charge in [-0.1, -0.05) is 39.2 Å². The first-order valence-corrected chi connectivity index (χ1v) is 6.56. The number of nitrogens with two attached hydrogens (primary N) is 1. The Morgan fingerprint density at radius 3 is 2.60 bits per heavy atom. The highest BCUT2D eigenvalue weighted by Crippen LogP contribution is 2.30. The third kappa shape index (κ3) is 2.25. The van der Waals surface area contributed by atoms with Gasteiger partial charge in [0.05, 0.1) is 11.8 Å². The van der Waals surface area contributed by atoms with Crippen molar-refractivity contribution < 1.29 is 0 Å². The van der Waals surface area contributed by atoms with Gasteiger partial charge in [0.1, 0.15) is 17.0 Å². The molecule has 0 aliphatic heterocycles. The molecule has 2 N–H and O–H groups in total. The molecule has 2 aromatic rings. The van der Waals surface area contributed by atoms with E-state index in [0.717, 1.165) is 27.9 Å². The molecule has 20 heavy (non-hydrogen) atoms. The summed E-state index contributed by atoms with van der Waals surface area (Å²) >= 11 is 0. The molecule has 4 heteroatoms. The average molecular weight is 268 g/mol. The van der Waals surface area contributed by atoms with E-state index in [1.165, 1.54) is 0 Å². The zero-order chi connectivity index (χ0) is 14.9. The van der Waals surface area contributed by atoms with Gasteiger partial charge in [-0.2, -0.15) is 0 Å². The number of hydrogen-bond donors (Lipinski definition) is 1. The van der Waals surface area contributed by atoms with Gasteiger partial charge in [0.25, 0.3) is 0 Å². The number of aromatic nitrogens is 3. The molecule has 0 bridgehead atoms. The van der Waals surface area contributed by atoms with Crippen LogP contribution in [0.5, 0.6) is 0 Å². The summed E-state index contributed by atoms with van der Waals surface area (Å²) in [6, 6.07) is 1.83. The number of fused-ring (bicyclic) bond motifs is 1. The first kappa shape index (κ1) is 14.1. The Morgan fingerprint density at radius 1 is 1.35 bits per heavy atom. The SMILES string of the molecule is C=C/C(=C(\C=C)C(C)C)c1nc(N)cc2c1ncn2C. The lowest BCUT2D eigenvalue weighted by Gasteiger charge is -2.13. The van der Waals surface area contributed by atoms with Crippen molar-refractivity contribution in [3.05, 3.63) is 49.0 Å². The molecule has 2 aromatic heterocycles. The molecule has 0 unspecified atom stereocenters. The highest BCUT2D eigenvalue weighted by Gasteiger charge is 2.15. The summed E-state index contributed by atoms with van der Waals surface area (Å²) in [5.74, 6) is 0.796. The smallest absolute Gasteiger partial charge is 0.126 e. The summed E-state index contributed by atoms with van der Waals surface area (Å²) in [6.07, 6.45) is 5.41. The summed E-state index contributed by atoms with van der Waals surface area (Å²) in [5.41, 5.74) is 10.5. The molecular weight excluding hydrogens is 248 g/mol. The van der Waals surface area contributed by atoms with Gasteiger partial charge in [-0.05, 0) is 11.5 Å². The summed E-state index contributed by atoms with van der Waals surface area (Å²) in [6.45, 7) is 12.0. The number of anilines is 1. The Labute approximate surface area is 119 Å². The number of imidazole rings is 1. The van der Waals surface area contributed by atoms with E-state index in [1.54, 1.807) is 12.4 Å². The van der Waals surface area contributed by atoms with Gasteiger partial charge < -0.3 is 10.3 Å². The van der Waals surface area contributed by atoms with Crippen molar-refractivity contribution in [2.45, 2.75) is 13.8 Å². The number of rotatable bonds is 4. The minimum absolute atomic E-state index is 0.322. The second kappa shape index (κ2) is 5.33. The molecule has 0 aliphatic carbocycles. The second-order valence-corrected chi connectivity index (χ2v) is 5.05. The third-order valence-corrected chi connectivity index (χ3v) is 3.34. The van der Waals surface area contributed by atoms with Gasteiger partial charge in [-0.3, -0.25) is 0 Å². The largest absolute Gasteiger partial charge is 0.384 e. The zero-order valence-electron chi connectivity index (χ0n) is 12.2. The van der Waals surface area contributed by atoms with Gasteiger partial charge in [0.15, 0.2) is 0 Å². The first-order chi connectivity index (χ1) is 9.49. The van der Waals surface area contributed by atoms with Crippen molar-refractivity contribution in [3.8, 4) is 0 Å². The normalized spacial score (nSPS) is 12.6. The van der Waals surface area contributed by atoms with Crippen LogP contribution in [-0.2, 0) is 7.05 Å². The molecule has 0 fully saturated rings. The van der Waals surface area contributed by atoms with Crippen molar-refractivity contribution in [3.63, 3.8) is 0 Å². The highest BCUT2D eigenvalue weighted by atomic mass is 15.0. The number of nitrogen functional groups attached to an aromatic ring is 1. The number of allylic oxidation sites excluding steroid dienone is 4. The van der Waals surface area contributed by atoms with Crippen molar-refractivity contribution in [2.24, 2.45) is 13.0 Å². The molecule has 0 aromatic carbocycles. The van der Waals surface area contributed by atoms with Crippen LogP contribution in [0.4, 0.5) is 5.82 Å². The van der Waals surface area contributed by atoms with Crippen molar-refractivity contribution >= 4 is 22.4 Å². The van der Waals surface area contributed by atoms with E-state index in [4.69, 9.17) is 5.73 Å². The van der Waals surface area contributed by atoms with Gasteiger partial charge in [-0.15, -0.1) is 0 Å². The van der Waals surface area contributed by atoms with E-state index in [-0.39, 0.29) is 0 Å². The maximum absolute atomic E-state index is 5.93. The Balaban J connectivity index is 2.85. The molecule has 104 valence electrons. The summed E-state index contributed by atoms with van der Waals surface area (Å²) in [4.78, 5) is 8.89. The van der Waals surface area contributed by atoms with Crippen LogP contribution < -0.4 is 5.73 Å². The standard InChI is InChI=1S/C16H20N4/c1-6-11(10(3)4)12(7-2)15-16-13(8-14(17)19-15)20(5)9-18-16/h6-10H,1-2H2,3-5H3,(H2,17,19)/b12-11-. The molecule has 4 nitrogen and oxygen atoms in total. The van der Waals surface area contributed by atoms with Gasteiger partial charge >= 0.3 is 0 Å². The predicted molar refractivity (Wildman–Crippen MR) is 85.1 cm³/mol. The topological polar surface area (TPSA) is 56.7 Å². The van der Waals surface area contributed by atoms with Crippen LogP contribution in [0.25, 0.3) is 16.6 Å². The molecular formula is C16H20N4. The Bertz CT molecular complexity index is 705. The Kier molecular flexibility index (Phi) is 3.74. The average Bonchev–Trinajstić information content (AvgIpc) is 2.76. The lowest BCUT2D eigenvalue weighted by Crippen LogP contribution is -2.01. The molecule has 0 saturated heterocycles. The van der Waals surface area contributed by atoms with E-state index in [9.17, 15) is 0 Å². The third-order valence-electron chi connectivity index (χ3n) is 3.34. The van der Waals surface area contributed by atoms with Crippen LogP contribution in [0.2, 0.25) is 0 Å². The maximum atomic E-state index is 5.93. The fourth-order valence-electron chi connectivity index (χ4n) is 2.34. The highest BCUT2D eigenvalue weighted by molar-refractivity contribution is 5.93. The lowest BCUT2D eigenvalue weighted by molar-refractivity contribution is 0.795. The van der Waals surface area contributed by atoms with Gasteiger partial charge in [-0.25, -0.2) is 9.97 Å². The minimum Gasteiger partial charge on any atom is -0.384 e. The Morgan fingerprint density at radius 2 is 2.05 bits per heavy atom. The molecule has 2 rings (SSSR count). The minimum atomic E-state index is 0.322. The molecule has 2 heterocycles. The number of aryl methyl sites for hydroxylation is 1. The van der Waals surface area contributed by atoms with Crippen LogP contribution >= 0.6 is 0 Å². The summed E-state index contributed by atoms with van der Waals surface area (Å²) < 4.78 is 1.93. The molecule has 0 radical (unpaired) electrons. The molecule has 0 spiro atoms. The quantitative estimate of drug-likeness (QED) is 0.865. The van der Waals surface area contributed by atoms with Crippen LogP contribution in [0.3, 0.4) is 0 Å².